The zero-order valence-corrected chi connectivity index (χ0v) is 12.2. The van der Waals surface area contributed by atoms with Crippen LogP contribution in [0.2, 0.25) is 0 Å². The third kappa shape index (κ3) is 6.58. The number of hydrogen-bond donors (Lipinski definition) is 0. The minimum absolute atomic E-state index is 0.666. The van der Waals surface area contributed by atoms with E-state index in [0.29, 0.717) is 19.8 Å². The highest BCUT2D eigenvalue weighted by Gasteiger charge is 2.40. The van der Waals surface area contributed by atoms with Crippen molar-refractivity contribution in [1.29, 1.82) is 0 Å². The molecule has 0 aromatic carbocycles. The fourth-order valence-electron chi connectivity index (χ4n) is 1.25. The van der Waals surface area contributed by atoms with E-state index in [1.807, 2.05) is 32.5 Å². The van der Waals surface area contributed by atoms with Crippen molar-refractivity contribution in [2.24, 2.45) is 0 Å². The fourth-order valence-corrected chi connectivity index (χ4v) is 5.69. The van der Waals surface area contributed by atoms with Crippen molar-refractivity contribution in [1.82, 2.24) is 0 Å². The van der Waals surface area contributed by atoms with E-state index >= 15 is 0 Å². The Morgan fingerprint density at radius 1 is 0.867 bits per heavy atom. The minimum atomic E-state index is -2.37. The summed E-state index contributed by atoms with van der Waals surface area (Å²) in [4.78, 5) is 0. The van der Waals surface area contributed by atoms with E-state index in [2.05, 4.69) is 6.92 Å². The highest BCUT2D eigenvalue weighted by molar-refractivity contribution is 8.00. The Labute approximate surface area is 99.2 Å². The molecule has 0 aliphatic rings. The van der Waals surface area contributed by atoms with Gasteiger partial charge in [0, 0.05) is 19.8 Å². The molecule has 5 heteroatoms. The molecule has 15 heavy (non-hydrogen) atoms. The van der Waals surface area contributed by atoms with E-state index in [0.717, 1.165) is 11.1 Å². The summed E-state index contributed by atoms with van der Waals surface area (Å²) >= 11 is 1.87. The van der Waals surface area contributed by atoms with Crippen molar-refractivity contribution < 1.29 is 13.3 Å². The lowest BCUT2D eigenvalue weighted by Crippen LogP contribution is -2.49. The van der Waals surface area contributed by atoms with Gasteiger partial charge in [0.15, 0.2) is 0 Å². The lowest BCUT2D eigenvalue weighted by molar-refractivity contribution is 0.0773. The van der Waals surface area contributed by atoms with Crippen LogP contribution in [-0.2, 0) is 13.3 Å². The SMILES string of the molecule is CCCSC[Si](OCC)(OCC)OCC. The maximum atomic E-state index is 5.73. The van der Waals surface area contributed by atoms with Crippen molar-refractivity contribution in [3.8, 4) is 0 Å². The number of thioether (sulfide) groups is 1. The van der Waals surface area contributed by atoms with Crippen LogP contribution in [0, 0.1) is 0 Å². The van der Waals surface area contributed by atoms with E-state index in [9.17, 15) is 0 Å². The summed E-state index contributed by atoms with van der Waals surface area (Å²) in [6, 6.07) is 0. The van der Waals surface area contributed by atoms with E-state index in [1.165, 1.54) is 6.42 Å². The lowest BCUT2D eigenvalue weighted by atomic mass is 10.6. The molecule has 0 spiro atoms. The molecule has 0 aliphatic heterocycles. The first-order valence-corrected chi connectivity index (χ1v) is 8.82. The van der Waals surface area contributed by atoms with Crippen LogP contribution in [0.3, 0.4) is 0 Å². The topological polar surface area (TPSA) is 27.7 Å². The van der Waals surface area contributed by atoms with Gasteiger partial charge in [0.25, 0.3) is 0 Å². The van der Waals surface area contributed by atoms with Crippen LogP contribution in [-0.4, -0.2) is 39.8 Å². The van der Waals surface area contributed by atoms with Gasteiger partial charge in [-0.05, 0) is 32.9 Å². The third-order valence-corrected chi connectivity index (χ3v) is 6.83. The maximum Gasteiger partial charge on any atom is 0.511 e. The summed E-state index contributed by atoms with van der Waals surface area (Å²) in [7, 11) is -2.37. The monoisotopic (exact) mass is 252 g/mol. The predicted molar refractivity (Wildman–Crippen MR) is 68.2 cm³/mol. The van der Waals surface area contributed by atoms with Crippen LogP contribution in [0.5, 0.6) is 0 Å². The second-order valence-corrected chi connectivity index (χ2v) is 7.24. The molecule has 0 heterocycles. The molecule has 0 N–H and O–H groups in total. The van der Waals surface area contributed by atoms with Gasteiger partial charge in [0.05, 0.1) is 5.38 Å². The average molecular weight is 252 g/mol. The Morgan fingerprint density at radius 3 is 1.67 bits per heavy atom. The second-order valence-electron chi connectivity index (χ2n) is 3.03. The quantitative estimate of drug-likeness (QED) is 0.441. The molecule has 0 radical (unpaired) electrons. The van der Waals surface area contributed by atoms with Gasteiger partial charge in [-0.1, -0.05) is 6.92 Å². The summed E-state index contributed by atoms with van der Waals surface area (Å²) in [5.41, 5.74) is 0. The van der Waals surface area contributed by atoms with Crippen molar-refractivity contribution >= 4 is 20.6 Å². The van der Waals surface area contributed by atoms with Gasteiger partial charge in [0.2, 0.25) is 0 Å². The molecule has 0 bridgehead atoms. The van der Waals surface area contributed by atoms with Gasteiger partial charge >= 0.3 is 8.80 Å². The first kappa shape index (κ1) is 15.4. The minimum Gasteiger partial charge on any atom is -0.373 e. The van der Waals surface area contributed by atoms with E-state index < -0.39 is 8.80 Å². The van der Waals surface area contributed by atoms with Crippen LogP contribution in [0.15, 0.2) is 0 Å². The van der Waals surface area contributed by atoms with Gasteiger partial charge < -0.3 is 13.3 Å². The molecule has 0 saturated carbocycles. The molecule has 0 unspecified atom stereocenters. The van der Waals surface area contributed by atoms with Gasteiger partial charge in [-0.3, -0.25) is 0 Å². The Morgan fingerprint density at radius 2 is 1.33 bits per heavy atom. The van der Waals surface area contributed by atoms with Crippen molar-refractivity contribution in [2.45, 2.75) is 34.1 Å². The summed E-state index contributed by atoms with van der Waals surface area (Å²) in [6.45, 7) is 10.1. The van der Waals surface area contributed by atoms with Crippen LogP contribution in [0.4, 0.5) is 0 Å². The van der Waals surface area contributed by atoms with Gasteiger partial charge in [0.1, 0.15) is 0 Å². The third-order valence-electron chi connectivity index (χ3n) is 1.72. The first-order chi connectivity index (χ1) is 7.24. The van der Waals surface area contributed by atoms with Crippen LogP contribution >= 0.6 is 11.8 Å². The highest BCUT2D eigenvalue weighted by atomic mass is 32.2. The standard InChI is InChI=1S/C10H24O3SSi/c1-5-9-14-10-15(11-6-2,12-7-3)13-8-4/h5-10H2,1-4H3. The molecule has 0 aliphatic carbocycles. The Hall–Kier alpha value is 0.447. The Bertz CT molecular complexity index is 130. The molecule has 0 saturated heterocycles. The lowest BCUT2D eigenvalue weighted by Gasteiger charge is -2.27. The van der Waals surface area contributed by atoms with E-state index in [4.69, 9.17) is 13.3 Å². The van der Waals surface area contributed by atoms with Gasteiger partial charge in [-0.25, -0.2) is 0 Å². The molecule has 0 aromatic rings. The van der Waals surface area contributed by atoms with E-state index in [1.54, 1.807) is 0 Å². The fraction of sp³-hybridized carbons (Fsp3) is 1.00. The van der Waals surface area contributed by atoms with Crippen LogP contribution in [0.25, 0.3) is 0 Å². The predicted octanol–water partition coefficient (Wildman–Crippen LogP) is 2.72. The summed E-state index contributed by atoms with van der Waals surface area (Å²) in [5, 5.41) is 0.871. The Kier molecular flexibility index (Phi) is 9.94. The van der Waals surface area contributed by atoms with Gasteiger partial charge in [-0.2, -0.15) is 11.8 Å². The van der Waals surface area contributed by atoms with Crippen LogP contribution < -0.4 is 0 Å². The summed E-state index contributed by atoms with van der Waals surface area (Å²) < 4.78 is 17.2. The smallest absolute Gasteiger partial charge is 0.373 e. The number of rotatable bonds is 10. The normalized spacial score (nSPS) is 12.0. The molecule has 0 rings (SSSR count). The van der Waals surface area contributed by atoms with Gasteiger partial charge in [-0.15, -0.1) is 0 Å². The van der Waals surface area contributed by atoms with Crippen molar-refractivity contribution in [3.63, 3.8) is 0 Å². The Balaban J connectivity index is 4.18. The maximum absolute atomic E-state index is 5.73. The molecular formula is C10H24O3SSi. The summed E-state index contributed by atoms with van der Waals surface area (Å²) in [5.74, 6) is 1.14. The van der Waals surface area contributed by atoms with Crippen molar-refractivity contribution in [2.75, 3.05) is 30.9 Å². The zero-order valence-electron chi connectivity index (χ0n) is 10.4. The molecule has 0 atom stereocenters. The zero-order chi connectivity index (χ0) is 11.6. The average Bonchev–Trinajstić information content (AvgIpc) is 2.19. The first-order valence-electron chi connectivity index (χ1n) is 5.74. The molecule has 0 aromatic heterocycles. The number of hydrogen-bond acceptors (Lipinski definition) is 4. The molecule has 3 nitrogen and oxygen atoms in total. The van der Waals surface area contributed by atoms with E-state index in [-0.39, 0.29) is 0 Å². The largest absolute Gasteiger partial charge is 0.511 e. The second kappa shape index (κ2) is 9.66. The van der Waals surface area contributed by atoms with Crippen molar-refractivity contribution in [3.05, 3.63) is 0 Å². The molecular weight excluding hydrogens is 228 g/mol. The molecule has 0 fully saturated rings. The molecule has 0 amide bonds. The van der Waals surface area contributed by atoms with Crippen LogP contribution in [0.1, 0.15) is 34.1 Å². The summed E-state index contributed by atoms with van der Waals surface area (Å²) in [6.07, 6.45) is 1.18. The highest BCUT2D eigenvalue weighted by Crippen LogP contribution is 2.17. The molecule has 92 valence electrons.